The van der Waals surface area contributed by atoms with Crippen LogP contribution in [-0.2, 0) is 6.54 Å². The minimum Gasteiger partial charge on any atom is -0.338 e. The summed E-state index contributed by atoms with van der Waals surface area (Å²) >= 11 is 0. The number of likely N-dealkylation sites (tertiary alicyclic amines) is 1. The van der Waals surface area contributed by atoms with Gasteiger partial charge in [-0.05, 0) is 48.2 Å². The van der Waals surface area contributed by atoms with E-state index in [1.807, 2.05) is 33.7 Å². The highest BCUT2D eigenvalue weighted by Crippen LogP contribution is 2.40. The zero-order valence-electron chi connectivity index (χ0n) is 15.9. The van der Waals surface area contributed by atoms with Gasteiger partial charge in [-0.2, -0.15) is 0 Å². The van der Waals surface area contributed by atoms with E-state index >= 15 is 0 Å². The molecule has 4 nitrogen and oxygen atoms in total. The Kier molecular flexibility index (Phi) is 4.31. The van der Waals surface area contributed by atoms with Crippen molar-refractivity contribution in [1.82, 2.24) is 9.47 Å². The number of hydrogen-bond acceptors (Lipinski definition) is 2. The highest BCUT2D eigenvalue weighted by Gasteiger charge is 2.38. The fourth-order valence-electron chi connectivity index (χ4n) is 4.82. The molecule has 2 aromatic carbocycles. The van der Waals surface area contributed by atoms with Crippen LogP contribution in [0, 0.1) is 11.7 Å². The zero-order chi connectivity index (χ0) is 20.0. The third-order valence-electron chi connectivity index (χ3n) is 6.05. The van der Waals surface area contributed by atoms with Crippen molar-refractivity contribution in [2.75, 3.05) is 13.1 Å². The molecule has 0 radical (unpaired) electrons. The molecule has 2 bridgehead atoms. The molecule has 29 heavy (non-hydrogen) atoms. The topological polar surface area (TPSA) is 42.3 Å². The summed E-state index contributed by atoms with van der Waals surface area (Å²) in [6.07, 6.45) is 0.969. The Bertz CT molecular complexity index is 1120. The average Bonchev–Trinajstić information content (AvgIpc) is 2.75. The van der Waals surface area contributed by atoms with Gasteiger partial charge in [-0.25, -0.2) is 4.39 Å². The van der Waals surface area contributed by atoms with Gasteiger partial charge in [0, 0.05) is 48.4 Å². The summed E-state index contributed by atoms with van der Waals surface area (Å²) in [5.41, 5.74) is 3.69. The third-order valence-corrected chi connectivity index (χ3v) is 6.05. The molecule has 0 saturated carbocycles. The standard InChI is InChI=1S/C24H21FN2O2/c25-20-8-6-18(7-9-20)24(29)26-13-16-12-19(15-26)23-21(17-4-2-1-3-5-17)10-11-22(28)27(23)14-16/h1-11,16,19H,12-15H2/t16-,19-/m0/s1. The second-order valence-corrected chi connectivity index (χ2v) is 7.96. The monoisotopic (exact) mass is 388 g/mol. The quantitative estimate of drug-likeness (QED) is 0.668. The predicted octanol–water partition coefficient (Wildman–Crippen LogP) is 3.91. The smallest absolute Gasteiger partial charge is 0.253 e. The van der Waals surface area contributed by atoms with Crippen molar-refractivity contribution in [2.24, 2.45) is 5.92 Å². The molecule has 5 rings (SSSR count). The molecule has 0 spiro atoms. The maximum atomic E-state index is 13.2. The fourth-order valence-corrected chi connectivity index (χ4v) is 4.82. The summed E-state index contributed by atoms with van der Waals surface area (Å²) < 4.78 is 15.1. The van der Waals surface area contributed by atoms with Gasteiger partial charge in [0.05, 0.1) is 0 Å². The molecule has 3 aromatic rings. The van der Waals surface area contributed by atoms with E-state index in [0.29, 0.717) is 25.2 Å². The van der Waals surface area contributed by atoms with Crippen LogP contribution in [0.25, 0.3) is 11.1 Å². The number of rotatable bonds is 2. The van der Waals surface area contributed by atoms with Gasteiger partial charge >= 0.3 is 0 Å². The summed E-state index contributed by atoms with van der Waals surface area (Å²) in [6.45, 7) is 1.81. The summed E-state index contributed by atoms with van der Waals surface area (Å²) in [6, 6.07) is 19.3. The maximum absolute atomic E-state index is 13.2. The molecule has 2 atom stereocenters. The number of amides is 1. The second kappa shape index (κ2) is 6.99. The number of carbonyl (C=O) groups is 1. The molecule has 0 N–H and O–H groups in total. The normalized spacial score (nSPS) is 20.2. The Hall–Kier alpha value is -3.21. The van der Waals surface area contributed by atoms with E-state index in [-0.39, 0.29) is 29.1 Å². The van der Waals surface area contributed by atoms with Gasteiger partial charge in [-0.1, -0.05) is 30.3 Å². The van der Waals surface area contributed by atoms with Crippen LogP contribution in [0.3, 0.4) is 0 Å². The average molecular weight is 388 g/mol. The number of piperidine rings is 1. The highest BCUT2D eigenvalue weighted by molar-refractivity contribution is 5.94. The summed E-state index contributed by atoms with van der Waals surface area (Å²) in [5.74, 6) is -0.0732. The van der Waals surface area contributed by atoms with E-state index in [0.717, 1.165) is 23.2 Å². The minimum absolute atomic E-state index is 0.0210. The van der Waals surface area contributed by atoms with E-state index in [9.17, 15) is 14.0 Å². The van der Waals surface area contributed by atoms with Crippen LogP contribution < -0.4 is 5.56 Å². The third kappa shape index (κ3) is 3.16. The first-order valence-corrected chi connectivity index (χ1v) is 9.94. The molecule has 1 amide bonds. The molecule has 1 fully saturated rings. The molecular formula is C24H21FN2O2. The SMILES string of the molecule is O=C(c1ccc(F)cc1)N1C[C@@H]2C[C@@H](C1)c1c(-c3ccccc3)ccc(=O)n1C2. The van der Waals surface area contributed by atoms with Crippen molar-refractivity contribution >= 4 is 5.91 Å². The minimum atomic E-state index is -0.349. The van der Waals surface area contributed by atoms with Gasteiger partial charge in [-0.3, -0.25) is 9.59 Å². The molecule has 146 valence electrons. The van der Waals surface area contributed by atoms with Crippen molar-refractivity contribution in [2.45, 2.75) is 18.9 Å². The number of halogens is 1. The van der Waals surface area contributed by atoms with Gasteiger partial charge in [0.15, 0.2) is 0 Å². The molecule has 3 heterocycles. The molecule has 2 aliphatic rings. The van der Waals surface area contributed by atoms with Crippen LogP contribution in [0.2, 0.25) is 0 Å². The second-order valence-electron chi connectivity index (χ2n) is 7.96. The summed E-state index contributed by atoms with van der Waals surface area (Å²) in [7, 11) is 0. The molecule has 1 aromatic heterocycles. The lowest BCUT2D eigenvalue weighted by Gasteiger charge is -2.43. The first-order chi connectivity index (χ1) is 14.1. The van der Waals surface area contributed by atoms with Crippen LogP contribution in [-0.4, -0.2) is 28.5 Å². The molecule has 0 unspecified atom stereocenters. The molecule has 1 saturated heterocycles. The van der Waals surface area contributed by atoms with Crippen molar-refractivity contribution in [3.63, 3.8) is 0 Å². The lowest BCUT2D eigenvalue weighted by molar-refractivity contribution is 0.0595. The summed E-state index contributed by atoms with van der Waals surface area (Å²) in [4.78, 5) is 27.5. The van der Waals surface area contributed by atoms with E-state index in [4.69, 9.17) is 0 Å². The number of nitrogens with zero attached hydrogens (tertiary/aromatic N) is 2. The van der Waals surface area contributed by atoms with Crippen LogP contribution in [0.5, 0.6) is 0 Å². The maximum Gasteiger partial charge on any atom is 0.253 e. The van der Waals surface area contributed by atoms with Crippen molar-refractivity contribution < 1.29 is 9.18 Å². The van der Waals surface area contributed by atoms with Gasteiger partial charge in [-0.15, -0.1) is 0 Å². The van der Waals surface area contributed by atoms with E-state index in [2.05, 4.69) is 12.1 Å². The number of aromatic nitrogens is 1. The fraction of sp³-hybridized carbons (Fsp3) is 0.250. The Labute approximate surface area is 168 Å². The van der Waals surface area contributed by atoms with Crippen LogP contribution in [0.4, 0.5) is 4.39 Å². The molecular weight excluding hydrogens is 367 g/mol. The van der Waals surface area contributed by atoms with Gasteiger partial charge in [0.1, 0.15) is 5.82 Å². The number of hydrogen-bond donors (Lipinski definition) is 0. The van der Waals surface area contributed by atoms with E-state index in [1.165, 1.54) is 24.3 Å². The van der Waals surface area contributed by atoms with Gasteiger partial charge in [0.2, 0.25) is 0 Å². The van der Waals surface area contributed by atoms with Crippen LogP contribution in [0.15, 0.2) is 71.5 Å². The Morgan fingerprint density at radius 3 is 2.41 bits per heavy atom. The summed E-state index contributed by atoms with van der Waals surface area (Å²) in [5, 5.41) is 0. The van der Waals surface area contributed by atoms with Crippen LogP contribution >= 0.6 is 0 Å². The number of pyridine rings is 1. The Morgan fingerprint density at radius 2 is 1.66 bits per heavy atom. The molecule has 0 aliphatic carbocycles. The number of carbonyl (C=O) groups excluding carboxylic acids is 1. The first kappa shape index (κ1) is 17.9. The highest BCUT2D eigenvalue weighted by atomic mass is 19.1. The van der Waals surface area contributed by atoms with E-state index < -0.39 is 0 Å². The van der Waals surface area contributed by atoms with Crippen molar-refractivity contribution in [3.8, 4) is 11.1 Å². The van der Waals surface area contributed by atoms with Crippen LogP contribution in [0.1, 0.15) is 28.4 Å². The van der Waals surface area contributed by atoms with Gasteiger partial charge in [0.25, 0.3) is 11.5 Å². The Balaban J connectivity index is 1.53. The van der Waals surface area contributed by atoms with E-state index in [1.54, 1.807) is 6.07 Å². The molecule has 2 aliphatic heterocycles. The largest absolute Gasteiger partial charge is 0.338 e. The number of benzene rings is 2. The lowest BCUT2D eigenvalue weighted by Crippen LogP contribution is -2.49. The predicted molar refractivity (Wildman–Crippen MR) is 109 cm³/mol. The number of fused-ring (bicyclic) bond motifs is 4. The zero-order valence-corrected chi connectivity index (χ0v) is 15.9. The van der Waals surface area contributed by atoms with Gasteiger partial charge < -0.3 is 9.47 Å². The lowest BCUT2D eigenvalue weighted by atomic mass is 9.80. The molecule has 5 heteroatoms. The Morgan fingerprint density at radius 1 is 0.897 bits per heavy atom. The van der Waals surface area contributed by atoms with Crippen molar-refractivity contribution in [1.29, 1.82) is 0 Å². The first-order valence-electron chi connectivity index (χ1n) is 9.94. The van der Waals surface area contributed by atoms with Crippen molar-refractivity contribution in [3.05, 3.63) is 94.2 Å².